The summed E-state index contributed by atoms with van der Waals surface area (Å²) in [5.74, 6) is -0.0627. The first-order chi connectivity index (χ1) is 10.6. The van der Waals surface area contributed by atoms with Crippen LogP contribution in [0, 0.1) is 0 Å². The second-order valence-corrected chi connectivity index (χ2v) is 5.37. The number of aromatic nitrogens is 2. The monoisotopic (exact) mass is 301 g/mol. The Balaban J connectivity index is 2.30. The fraction of sp³-hybridized carbons (Fsp3) is 0.412. The van der Waals surface area contributed by atoms with Crippen LogP contribution < -0.4 is 0 Å². The van der Waals surface area contributed by atoms with Crippen LogP contribution >= 0.6 is 0 Å². The highest BCUT2D eigenvalue weighted by Gasteiger charge is 2.25. The van der Waals surface area contributed by atoms with Crippen LogP contribution in [0.3, 0.4) is 0 Å². The number of benzene rings is 1. The van der Waals surface area contributed by atoms with Crippen molar-refractivity contribution in [1.82, 2.24) is 14.7 Å². The lowest BCUT2D eigenvalue weighted by atomic mass is 10.0. The minimum atomic E-state index is -0.149. The van der Waals surface area contributed by atoms with Crippen LogP contribution in [-0.4, -0.2) is 39.3 Å². The second kappa shape index (κ2) is 7.22. The zero-order valence-corrected chi connectivity index (χ0v) is 13.4. The predicted molar refractivity (Wildman–Crippen MR) is 85.6 cm³/mol. The van der Waals surface area contributed by atoms with Gasteiger partial charge in [0.2, 0.25) is 0 Å². The summed E-state index contributed by atoms with van der Waals surface area (Å²) >= 11 is 0. The summed E-state index contributed by atoms with van der Waals surface area (Å²) < 4.78 is 1.67. The van der Waals surface area contributed by atoms with E-state index in [1.165, 1.54) is 0 Å². The highest BCUT2D eigenvalue weighted by Crippen LogP contribution is 2.25. The summed E-state index contributed by atoms with van der Waals surface area (Å²) in [6.07, 6.45) is 2.98. The lowest BCUT2D eigenvalue weighted by Gasteiger charge is -2.28. The van der Waals surface area contributed by atoms with Crippen LogP contribution in [0.1, 0.15) is 41.0 Å². The first-order valence-corrected chi connectivity index (χ1v) is 7.54. The minimum absolute atomic E-state index is 0.0326. The van der Waals surface area contributed by atoms with Gasteiger partial charge in [-0.25, -0.2) is 0 Å². The molecule has 1 amide bonds. The Morgan fingerprint density at radius 3 is 2.64 bits per heavy atom. The number of hydrogen-bond donors (Lipinski definition) is 1. The third-order valence-electron chi connectivity index (χ3n) is 3.85. The zero-order valence-electron chi connectivity index (χ0n) is 13.4. The second-order valence-electron chi connectivity index (χ2n) is 5.37. The molecule has 0 aliphatic carbocycles. The Bertz CT molecular complexity index is 622. The van der Waals surface area contributed by atoms with Gasteiger partial charge in [-0.15, -0.1) is 0 Å². The van der Waals surface area contributed by atoms with E-state index in [0.717, 1.165) is 11.3 Å². The molecule has 0 aliphatic rings. The van der Waals surface area contributed by atoms with Crippen molar-refractivity contribution in [2.75, 3.05) is 13.7 Å². The molecule has 0 fully saturated rings. The summed E-state index contributed by atoms with van der Waals surface area (Å²) in [6, 6.07) is 9.64. The lowest BCUT2D eigenvalue weighted by Crippen LogP contribution is -2.32. The maximum absolute atomic E-state index is 12.8. The number of aliphatic hydroxyl groups is 1. The van der Waals surface area contributed by atoms with Crippen molar-refractivity contribution in [2.24, 2.45) is 7.05 Å². The van der Waals surface area contributed by atoms with E-state index in [4.69, 9.17) is 0 Å². The van der Waals surface area contributed by atoms with Crippen molar-refractivity contribution >= 4 is 5.91 Å². The summed E-state index contributed by atoms with van der Waals surface area (Å²) in [6.45, 7) is 2.02. The molecule has 0 saturated carbocycles. The van der Waals surface area contributed by atoms with Crippen molar-refractivity contribution in [3.05, 3.63) is 53.3 Å². The molecule has 1 heterocycles. The maximum Gasteiger partial charge on any atom is 0.257 e. The van der Waals surface area contributed by atoms with Crippen LogP contribution in [0.4, 0.5) is 0 Å². The molecule has 2 rings (SSSR count). The first-order valence-electron chi connectivity index (χ1n) is 7.54. The molecule has 1 atom stereocenters. The number of nitrogens with zero attached hydrogens (tertiary/aromatic N) is 3. The van der Waals surface area contributed by atoms with Crippen LogP contribution in [0.2, 0.25) is 0 Å². The van der Waals surface area contributed by atoms with Crippen molar-refractivity contribution in [1.29, 1.82) is 0 Å². The zero-order chi connectivity index (χ0) is 16.1. The molecule has 2 aromatic rings. The number of amides is 1. The number of aryl methyl sites for hydroxylation is 2. The standard InChI is InChI=1S/C17H23N3O2/c1-4-15-14(12-19(2)18-15)17(22)20(3)16(10-11-21)13-8-6-5-7-9-13/h5-9,12,16,21H,4,10-11H2,1-3H3. The van der Waals surface area contributed by atoms with Crippen molar-refractivity contribution in [2.45, 2.75) is 25.8 Å². The van der Waals surface area contributed by atoms with Gasteiger partial charge in [0.05, 0.1) is 17.3 Å². The molecule has 1 unspecified atom stereocenters. The van der Waals surface area contributed by atoms with E-state index in [2.05, 4.69) is 5.10 Å². The average Bonchev–Trinajstić information content (AvgIpc) is 2.93. The summed E-state index contributed by atoms with van der Waals surface area (Å²) in [5, 5.41) is 13.7. The highest BCUT2D eigenvalue weighted by atomic mass is 16.3. The quantitative estimate of drug-likeness (QED) is 0.889. The topological polar surface area (TPSA) is 58.4 Å². The van der Waals surface area contributed by atoms with Crippen molar-refractivity contribution in [3.8, 4) is 0 Å². The average molecular weight is 301 g/mol. The molecular weight excluding hydrogens is 278 g/mol. The maximum atomic E-state index is 12.8. The highest BCUT2D eigenvalue weighted by molar-refractivity contribution is 5.95. The molecule has 0 bridgehead atoms. The molecule has 0 aliphatic heterocycles. The van der Waals surface area contributed by atoms with Gasteiger partial charge in [0.1, 0.15) is 0 Å². The van der Waals surface area contributed by atoms with Gasteiger partial charge >= 0.3 is 0 Å². The Morgan fingerprint density at radius 2 is 2.05 bits per heavy atom. The number of rotatable bonds is 6. The van der Waals surface area contributed by atoms with Gasteiger partial charge in [-0.3, -0.25) is 9.48 Å². The molecule has 1 aromatic carbocycles. The third kappa shape index (κ3) is 3.36. The van der Waals surface area contributed by atoms with E-state index < -0.39 is 0 Å². The van der Waals surface area contributed by atoms with Gasteiger partial charge in [-0.2, -0.15) is 5.10 Å². The minimum Gasteiger partial charge on any atom is -0.396 e. The van der Waals surface area contributed by atoms with Gasteiger partial charge in [0, 0.05) is 26.9 Å². The summed E-state index contributed by atoms with van der Waals surface area (Å²) in [7, 11) is 3.60. The van der Waals surface area contributed by atoms with E-state index >= 15 is 0 Å². The fourth-order valence-electron chi connectivity index (χ4n) is 2.69. The smallest absolute Gasteiger partial charge is 0.257 e. The van der Waals surface area contributed by atoms with Crippen LogP contribution in [0.25, 0.3) is 0 Å². The number of carbonyl (C=O) groups excluding carboxylic acids is 1. The lowest BCUT2D eigenvalue weighted by molar-refractivity contribution is 0.0704. The first kappa shape index (κ1) is 16.2. The molecule has 1 N–H and O–H groups in total. The van der Waals surface area contributed by atoms with Gasteiger partial charge in [-0.1, -0.05) is 37.3 Å². The molecule has 0 radical (unpaired) electrons. The van der Waals surface area contributed by atoms with Gasteiger partial charge in [-0.05, 0) is 18.4 Å². The Labute approximate surface area is 131 Å². The molecule has 22 heavy (non-hydrogen) atoms. The summed E-state index contributed by atoms with van der Waals surface area (Å²) in [4.78, 5) is 14.5. The van der Waals surface area contributed by atoms with Crippen LogP contribution in [-0.2, 0) is 13.5 Å². The molecular formula is C17H23N3O2. The van der Waals surface area contributed by atoms with Gasteiger partial charge in [0.15, 0.2) is 0 Å². The van der Waals surface area contributed by atoms with Crippen LogP contribution in [0.15, 0.2) is 36.5 Å². The van der Waals surface area contributed by atoms with Gasteiger partial charge < -0.3 is 10.0 Å². The molecule has 1 aromatic heterocycles. The predicted octanol–water partition coefficient (Wildman–Crippen LogP) is 2.18. The fourth-order valence-corrected chi connectivity index (χ4v) is 2.69. The van der Waals surface area contributed by atoms with E-state index in [1.807, 2.05) is 44.3 Å². The largest absolute Gasteiger partial charge is 0.396 e. The molecule has 118 valence electrons. The Hall–Kier alpha value is -2.14. The normalized spacial score (nSPS) is 12.2. The van der Waals surface area contributed by atoms with E-state index in [-0.39, 0.29) is 18.6 Å². The van der Waals surface area contributed by atoms with Crippen molar-refractivity contribution < 1.29 is 9.90 Å². The number of carbonyl (C=O) groups is 1. The Kier molecular flexibility index (Phi) is 5.33. The van der Waals surface area contributed by atoms with Crippen LogP contribution in [0.5, 0.6) is 0 Å². The third-order valence-corrected chi connectivity index (χ3v) is 3.85. The summed E-state index contributed by atoms with van der Waals surface area (Å²) in [5.41, 5.74) is 2.45. The Morgan fingerprint density at radius 1 is 1.36 bits per heavy atom. The molecule has 0 spiro atoms. The molecule has 0 saturated heterocycles. The van der Waals surface area contributed by atoms with Gasteiger partial charge in [0.25, 0.3) is 5.91 Å². The van der Waals surface area contributed by atoms with E-state index in [0.29, 0.717) is 18.4 Å². The van der Waals surface area contributed by atoms with E-state index in [9.17, 15) is 9.90 Å². The molecule has 5 heteroatoms. The molecule has 5 nitrogen and oxygen atoms in total. The van der Waals surface area contributed by atoms with E-state index in [1.54, 1.807) is 22.8 Å². The SMILES string of the molecule is CCc1nn(C)cc1C(=O)N(C)C(CCO)c1ccccc1. The van der Waals surface area contributed by atoms with Crippen molar-refractivity contribution in [3.63, 3.8) is 0 Å². The number of hydrogen-bond acceptors (Lipinski definition) is 3. The number of aliphatic hydroxyl groups excluding tert-OH is 1.